The zero-order valence-corrected chi connectivity index (χ0v) is 7.21. The van der Waals surface area contributed by atoms with Gasteiger partial charge in [-0.15, -0.1) is 0 Å². The fraction of sp³-hybridized carbons (Fsp3) is 0.667. The maximum absolute atomic E-state index is 3.95. The van der Waals surface area contributed by atoms with Gasteiger partial charge in [0.15, 0.2) is 0 Å². The number of rotatable bonds is 3. The summed E-state index contributed by atoms with van der Waals surface area (Å²) in [5, 5.41) is 3.35. The topological polar surface area (TPSA) is 40.7 Å². The molecular formula is C9H15N3. The molecule has 0 atom stereocenters. The van der Waals surface area contributed by atoms with E-state index in [1.165, 1.54) is 25.7 Å². The van der Waals surface area contributed by atoms with Crippen LogP contribution in [0, 0.1) is 5.92 Å². The van der Waals surface area contributed by atoms with Gasteiger partial charge in [-0.1, -0.05) is 12.8 Å². The molecule has 0 bridgehead atoms. The molecule has 1 saturated carbocycles. The Morgan fingerprint density at radius 1 is 1.50 bits per heavy atom. The predicted molar refractivity (Wildman–Crippen MR) is 49.0 cm³/mol. The van der Waals surface area contributed by atoms with Crippen LogP contribution in [0.1, 0.15) is 25.7 Å². The monoisotopic (exact) mass is 165 g/mol. The summed E-state index contributed by atoms with van der Waals surface area (Å²) >= 11 is 0. The van der Waals surface area contributed by atoms with Gasteiger partial charge in [-0.25, -0.2) is 4.98 Å². The Labute approximate surface area is 72.6 Å². The Bertz CT molecular complexity index is 212. The third-order valence-electron chi connectivity index (χ3n) is 2.55. The minimum absolute atomic E-state index is 0.883. The Morgan fingerprint density at radius 3 is 3.00 bits per heavy atom. The van der Waals surface area contributed by atoms with E-state index < -0.39 is 0 Å². The summed E-state index contributed by atoms with van der Waals surface area (Å²) in [6.45, 7) is 1.10. The lowest BCUT2D eigenvalue weighted by molar-refractivity contribution is 0.579. The molecule has 0 saturated heterocycles. The summed E-state index contributed by atoms with van der Waals surface area (Å²) in [4.78, 5) is 6.99. The second kappa shape index (κ2) is 3.61. The van der Waals surface area contributed by atoms with Crippen LogP contribution in [0.25, 0.3) is 0 Å². The van der Waals surface area contributed by atoms with Crippen LogP contribution in [0.4, 0.5) is 5.82 Å². The molecule has 3 nitrogen and oxygen atoms in total. The third kappa shape index (κ3) is 1.78. The van der Waals surface area contributed by atoms with E-state index in [-0.39, 0.29) is 0 Å². The van der Waals surface area contributed by atoms with Gasteiger partial charge in [0.2, 0.25) is 0 Å². The average molecular weight is 165 g/mol. The van der Waals surface area contributed by atoms with Crippen LogP contribution in [-0.2, 0) is 0 Å². The van der Waals surface area contributed by atoms with E-state index >= 15 is 0 Å². The smallest absolute Gasteiger partial charge is 0.123 e. The average Bonchev–Trinajstić information content (AvgIpc) is 2.74. The molecule has 0 aliphatic heterocycles. The Hall–Kier alpha value is -0.990. The molecule has 3 heteroatoms. The number of hydrogen-bond acceptors (Lipinski definition) is 2. The lowest BCUT2D eigenvalue weighted by Gasteiger charge is -2.09. The SMILES string of the molecule is c1ncc(NCC2CCCC2)[nH]1. The molecule has 0 spiro atoms. The van der Waals surface area contributed by atoms with Gasteiger partial charge in [0.25, 0.3) is 0 Å². The normalized spacial score (nSPS) is 18.3. The van der Waals surface area contributed by atoms with E-state index in [4.69, 9.17) is 0 Å². The van der Waals surface area contributed by atoms with Gasteiger partial charge in [0, 0.05) is 6.54 Å². The van der Waals surface area contributed by atoms with Gasteiger partial charge in [-0.2, -0.15) is 0 Å². The van der Waals surface area contributed by atoms with Crippen molar-refractivity contribution >= 4 is 5.82 Å². The first kappa shape index (κ1) is 7.65. The fourth-order valence-electron chi connectivity index (χ4n) is 1.82. The molecule has 2 N–H and O–H groups in total. The molecule has 0 amide bonds. The molecule has 2 rings (SSSR count). The minimum Gasteiger partial charge on any atom is -0.370 e. The predicted octanol–water partition coefficient (Wildman–Crippen LogP) is 2.01. The van der Waals surface area contributed by atoms with E-state index in [1.807, 2.05) is 6.20 Å². The number of anilines is 1. The van der Waals surface area contributed by atoms with Crippen LogP contribution >= 0.6 is 0 Å². The molecule has 1 heterocycles. The molecule has 1 aromatic rings. The van der Waals surface area contributed by atoms with E-state index in [0.29, 0.717) is 0 Å². The molecule has 12 heavy (non-hydrogen) atoms. The molecule has 0 aromatic carbocycles. The Balaban J connectivity index is 1.74. The number of aromatic amines is 1. The van der Waals surface area contributed by atoms with Crippen molar-refractivity contribution < 1.29 is 0 Å². The van der Waals surface area contributed by atoms with Crippen LogP contribution in [0.2, 0.25) is 0 Å². The standard InChI is InChI=1S/C9H15N3/c1-2-4-8(3-1)5-11-9-6-10-7-12-9/h6-8,11H,1-5H2,(H,10,12). The van der Waals surface area contributed by atoms with Crippen molar-refractivity contribution in [2.24, 2.45) is 5.92 Å². The highest BCUT2D eigenvalue weighted by Gasteiger charge is 2.14. The van der Waals surface area contributed by atoms with Gasteiger partial charge in [0.05, 0.1) is 12.5 Å². The highest BCUT2D eigenvalue weighted by molar-refractivity contribution is 5.30. The zero-order chi connectivity index (χ0) is 8.23. The molecule has 66 valence electrons. The van der Waals surface area contributed by atoms with Crippen molar-refractivity contribution in [3.05, 3.63) is 12.5 Å². The van der Waals surface area contributed by atoms with Gasteiger partial charge in [-0.05, 0) is 18.8 Å². The number of aromatic nitrogens is 2. The summed E-state index contributed by atoms with van der Waals surface area (Å²) in [6.07, 6.45) is 9.14. The number of H-pyrrole nitrogens is 1. The molecule has 1 fully saturated rings. The molecule has 0 radical (unpaired) electrons. The maximum atomic E-state index is 3.95. The number of imidazole rings is 1. The van der Waals surface area contributed by atoms with E-state index in [2.05, 4.69) is 15.3 Å². The van der Waals surface area contributed by atoms with Gasteiger partial charge in [0.1, 0.15) is 5.82 Å². The van der Waals surface area contributed by atoms with Gasteiger partial charge >= 0.3 is 0 Å². The minimum atomic E-state index is 0.883. The van der Waals surface area contributed by atoms with Crippen LogP contribution in [0.5, 0.6) is 0 Å². The Kier molecular flexibility index (Phi) is 2.30. The quantitative estimate of drug-likeness (QED) is 0.719. The summed E-state index contributed by atoms with van der Waals surface area (Å²) in [5.74, 6) is 1.93. The zero-order valence-electron chi connectivity index (χ0n) is 7.21. The van der Waals surface area contributed by atoms with E-state index in [9.17, 15) is 0 Å². The molecule has 1 aliphatic rings. The fourth-order valence-corrected chi connectivity index (χ4v) is 1.82. The van der Waals surface area contributed by atoms with Crippen molar-refractivity contribution in [1.29, 1.82) is 0 Å². The first-order valence-electron chi connectivity index (χ1n) is 4.67. The van der Waals surface area contributed by atoms with Gasteiger partial charge in [-0.3, -0.25) is 0 Å². The summed E-state index contributed by atoms with van der Waals surface area (Å²) in [6, 6.07) is 0. The largest absolute Gasteiger partial charge is 0.370 e. The molecular weight excluding hydrogens is 150 g/mol. The number of nitrogens with one attached hydrogen (secondary N) is 2. The number of nitrogens with zero attached hydrogens (tertiary/aromatic N) is 1. The third-order valence-corrected chi connectivity index (χ3v) is 2.55. The molecule has 0 unspecified atom stereocenters. The first-order valence-corrected chi connectivity index (χ1v) is 4.67. The van der Waals surface area contributed by atoms with Crippen molar-refractivity contribution in [1.82, 2.24) is 9.97 Å². The van der Waals surface area contributed by atoms with Crippen LogP contribution in [0.15, 0.2) is 12.5 Å². The van der Waals surface area contributed by atoms with Crippen LogP contribution < -0.4 is 5.32 Å². The summed E-state index contributed by atoms with van der Waals surface area (Å²) in [7, 11) is 0. The maximum Gasteiger partial charge on any atom is 0.123 e. The first-order chi connectivity index (χ1) is 5.95. The highest BCUT2D eigenvalue weighted by atomic mass is 15.0. The lowest BCUT2D eigenvalue weighted by Crippen LogP contribution is -2.10. The van der Waals surface area contributed by atoms with Crippen LogP contribution in [0.3, 0.4) is 0 Å². The molecule has 1 aromatic heterocycles. The van der Waals surface area contributed by atoms with Crippen molar-refractivity contribution in [3.63, 3.8) is 0 Å². The lowest BCUT2D eigenvalue weighted by atomic mass is 10.1. The van der Waals surface area contributed by atoms with Crippen molar-refractivity contribution in [3.8, 4) is 0 Å². The molecule has 1 aliphatic carbocycles. The Morgan fingerprint density at radius 2 is 2.33 bits per heavy atom. The van der Waals surface area contributed by atoms with E-state index in [0.717, 1.165) is 18.3 Å². The van der Waals surface area contributed by atoms with Gasteiger partial charge < -0.3 is 10.3 Å². The second-order valence-electron chi connectivity index (χ2n) is 3.50. The van der Waals surface area contributed by atoms with E-state index in [1.54, 1.807) is 6.33 Å². The van der Waals surface area contributed by atoms with Crippen molar-refractivity contribution in [2.75, 3.05) is 11.9 Å². The van der Waals surface area contributed by atoms with Crippen molar-refractivity contribution in [2.45, 2.75) is 25.7 Å². The summed E-state index contributed by atoms with van der Waals surface area (Å²) < 4.78 is 0. The summed E-state index contributed by atoms with van der Waals surface area (Å²) in [5.41, 5.74) is 0. The highest BCUT2D eigenvalue weighted by Crippen LogP contribution is 2.24. The van der Waals surface area contributed by atoms with Crippen LogP contribution in [-0.4, -0.2) is 16.5 Å². The second-order valence-corrected chi connectivity index (χ2v) is 3.50. The number of hydrogen-bond donors (Lipinski definition) is 2.